The largest absolute Gasteiger partial charge is 0.507 e. The number of ketones is 1. The van der Waals surface area contributed by atoms with Crippen LogP contribution in [0.4, 0.5) is 5.13 Å². The Hall–Kier alpha value is -4.58. The highest BCUT2D eigenvalue weighted by Crippen LogP contribution is 2.46. The van der Waals surface area contributed by atoms with Crippen molar-refractivity contribution in [2.75, 3.05) is 37.9 Å². The molecule has 0 radical (unpaired) electrons. The van der Waals surface area contributed by atoms with Gasteiger partial charge in [-0.05, 0) is 69.0 Å². The lowest BCUT2D eigenvalue weighted by atomic mass is 9.95. The minimum atomic E-state index is -1.11. The molecule has 0 bridgehead atoms. The van der Waals surface area contributed by atoms with Gasteiger partial charge in [-0.15, -0.1) is 0 Å². The molecule has 1 aromatic heterocycles. The van der Waals surface area contributed by atoms with E-state index in [4.69, 9.17) is 23.7 Å². The molecule has 45 heavy (non-hydrogen) atoms. The highest BCUT2D eigenvalue weighted by Gasteiger charge is 2.49. The summed E-state index contributed by atoms with van der Waals surface area (Å²) in [6, 6.07) is 8.84. The molecule has 11 nitrogen and oxygen atoms in total. The number of fused-ring (bicyclic) bond motifs is 1. The molecule has 5 rings (SSSR count). The number of nitrogens with zero attached hydrogens (tertiary/aromatic N) is 2. The molecular formula is C33H36N2O9S. The van der Waals surface area contributed by atoms with E-state index in [-0.39, 0.29) is 27.8 Å². The van der Waals surface area contributed by atoms with Gasteiger partial charge in [-0.3, -0.25) is 14.5 Å². The van der Waals surface area contributed by atoms with Crippen molar-refractivity contribution in [1.29, 1.82) is 0 Å². The lowest BCUT2D eigenvalue weighted by Crippen LogP contribution is -2.29. The zero-order chi connectivity index (χ0) is 32.2. The number of aromatic nitrogens is 1. The molecule has 238 valence electrons. The SMILES string of the molecule is CCOC(=O)c1sc(N2C(=O)C(=O)/C(=C(\O)c3ccc4c(c3)OCCO4)C2c2ccc(OCCC(C)C)c(OCC)c2)nc1C. The highest BCUT2D eigenvalue weighted by atomic mass is 32.1. The second-order valence-corrected chi connectivity index (χ2v) is 11.8. The van der Waals surface area contributed by atoms with Gasteiger partial charge in [-0.2, -0.15) is 0 Å². The number of ether oxygens (including phenoxy) is 5. The van der Waals surface area contributed by atoms with Crippen molar-refractivity contribution in [2.24, 2.45) is 5.92 Å². The van der Waals surface area contributed by atoms with Gasteiger partial charge < -0.3 is 28.8 Å². The van der Waals surface area contributed by atoms with Crippen LogP contribution < -0.4 is 23.8 Å². The summed E-state index contributed by atoms with van der Waals surface area (Å²) in [4.78, 5) is 46.0. The Bertz CT molecular complexity index is 1640. The van der Waals surface area contributed by atoms with E-state index in [2.05, 4.69) is 18.8 Å². The Kier molecular flexibility index (Phi) is 9.62. The van der Waals surface area contributed by atoms with E-state index in [0.29, 0.717) is 66.6 Å². The van der Waals surface area contributed by atoms with E-state index in [9.17, 15) is 19.5 Å². The summed E-state index contributed by atoms with van der Waals surface area (Å²) in [6.07, 6.45) is 0.842. The summed E-state index contributed by atoms with van der Waals surface area (Å²) in [5, 5.41) is 11.8. The molecule has 1 N–H and O–H groups in total. The first-order chi connectivity index (χ1) is 21.6. The topological polar surface area (TPSA) is 134 Å². The molecule has 2 aliphatic rings. The molecule has 2 aliphatic heterocycles. The van der Waals surface area contributed by atoms with Crippen molar-refractivity contribution < 1.29 is 43.2 Å². The zero-order valence-electron chi connectivity index (χ0n) is 25.9. The fourth-order valence-electron chi connectivity index (χ4n) is 5.05. The molecule has 1 fully saturated rings. The quantitative estimate of drug-likeness (QED) is 0.118. The lowest BCUT2D eigenvalue weighted by Gasteiger charge is -2.24. The van der Waals surface area contributed by atoms with Gasteiger partial charge >= 0.3 is 11.9 Å². The molecule has 1 unspecified atom stereocenters. The monoisotopic (exact) mass is 636 g/mol. The first-order valence-electron chi connectivity index (χ1n) is 14.9. The summed E-state index contributed by atoms with van der Waals surface area (Å²) in [7, 11) is 0. The van der Waals surface area contributed by atoms with Crippen molar-refractivity contribution in [1.82, 2.24) is 4.98 Å². The Balaban J connectivity index is 1.66. The standard InChI is InChI=1S/C33H36N2O9S/c1-6-40-24-16-20(8-10-22(24)42-13-12-18(3)4)27-26(28(36)21-9-11-23-25(17-21)44-15-14-43-23)29(37)31(38)35(27)33-34-19(5)30(45-33)32(39)41-7-2/h8-11,16-18,27,36H,6-7,12-15H2,1-5H3/b28-26-. The number of rotatable bonds is 11. The number of esters is 1. The first kappa shape index (κ1) is 31.8. The lowest BCUT2D eigenvalue weighted by molar-refractivity contribution is -0.132. The number of carbonyl (C=O) groups is 3. The number of aliphatic hydroxyl groups is 1. The maximum atomic E-state index is 13.8. The number of hydrogen-bond acceptors (Lipinski definition) is 11. The third-order valence-electron chi connectivity index (χ3n) is 7.25. The predicted molar refractivity (Wildman–Crippen MR) is 168 cm³/mol. The van der Waals surface area contributed by atoms with Crippen LogP contribution in [0.25, 0.3) is 5.76 Å². The number of aliphatic hydroxyl groups excluding tert-OH is 1. The zero-order valence-corrected chi connectivity index (χ0v) is 26.7. The maximum absolute atomic E-state index is 13.8. The van der Waals surface area contributed by atoms with Gasteiger partial charge in [0.25, 0.3) is 5.78 Å². The number of aryl methyl sites for hydroxylation is 1. The van der Waals surface area contributed by atoms with Crippen LogP contribution in [-0.2, 0) is 14.3 Å². The Labute approximate surface area is 265 Å². The fourth-order valence-corrected chi connectivity index (χ4v) is 6.04. The normalized spacial score (nSPS) is 17.1. The molecule has 1 amide bonds. The van der Waals surface area contributed by atoms with Gasteiger partial charge in [0, 0.05) is 5.56 Å². The van der Waals surface area contributed by atoms with E-state index in [1.54, 1.807) is 50.2 Å². The van der Waals surface area contributed by atoms with Crippen LogP contribution in [0.3, 0.4) is 0 Å². The summed E-state index contributed by atoms with van der Waals surface area (Å²) in [5.41, 5.74) is 0.935. The molecule has 0 aliphatic carbocycles. The van der Waals surface area contributed by atoms with E-state index in [0.717, 1.165) is 17.8 Å². The van der Waals surface area contributed by atoms with Crippen molar-refractivity contribution in [2.45, 2.75) is 47.1 Å². The molecule has 1 saturated heterocycles. The Morgan fingerprint density at radius 3 is 2.51 bits per heavy atom. The number of benzene rings is 2. The van der Waals surface area contributed by atoms with Gasteiger partial charge in [0.2, 0.25) is 0 Å². The molecule has 0 spiro atoms. The summed E-state index contributed by atoms with van der Waals surface area (Å²) in [5.74, 6) is -0.489. The molecule has 2 aromatic carbocycles. The molecular weight excluding hydrogens is 600 g/mol. The molecule has 3 aromatic rings. The molecule has 0 saturated carbocycles. The molecule has 1 atom stereocenters. The average Bonchev–Trinajstić information content (AvgIpc) is 3.53. The van der Waals surface area contributed by atoms with Crippen molar-refractivity contribution >= 4 is 39.9 Å². The van der Waals surface area contributed by atoms with Gasteiger partial charge in [0.05, 0.1) is 37.1 Å². The van der Waals surface area contributed by atoms with Crippen LogP contribution in [-0.4, -0.2) is 60.8 Å². The Morgan fingerprint density at radius 2 is 1.80 bits per heavy atom. The smallest absolute Gasteiger partial charge is 0.350 e. The van der Waals surface area contributed by atoms with Crippen LogP contribution in [0.5, 0.6) is 23.0 Å². The molecule has 3 heterocycles. The number of hydrogen-bond donors (Lipinski definition) is 1. The highest BCUT2D eigenvalue weighted by molar-refractivity contribution is 7.17. The number of anilines is 1. The van der Waals surface area contributed by atoms with Crippen molar-refractivity contribution in [3.05, 3.63) is 63.7 Å². The second-order valence-electron chi connectivity index (χ2n) is 10.8. The van der Waals surface area contributed by atoms with Crippen LogP contribution >= 0.6 is 11.3 Å². The predicted octanol–water partition coefficient (Wildman–Crippen LogP) is 5.85. The fraction of sp³-hybridized carbons (Fsp3) is 0.394. The van der Waals surface area contributed by atoms with Crippen LogP contribution in [0.1, 0.15) is 66.7 Å². The van der Waals surface area contributed by atoms with Gasteiger partial charge in [0.1, 0.15) is 23.9 Å². The second kappa shape index (κ2) is 13.6. The van der Waals surface area contributed by atoms with Gasteiger partial charge in [-0.25, -0.2) is 9.78 Å². The average molecular weight is 637 g/mol. The van der Waals surface area contributed by atoms with Crippen molar-refractivity contribution in [3.8, 4) is 23.0 Å². The summed E-state index contributed by atoms with van der Waals surface area (Å²) in [6.45, 7) is 11.1. The van der Waals surface area contributed by atoms with Crippen LogP contribution in [0.15, 0.2) is 42.0 Å². The minimum Gasteiger partial charge on any atom is -0.507 e. The third kappa shape index (κ3) is 6.46. The summed E-state index contributed by atoms with van der Waals surface area (Å²) < 4.78 is 28.4. The number of carbonyl (C=O) groups excluding carboxylic acids is 3. The number of thiazole rings is 1. The maximum Gasteiger partial charge on any atom is 0.350 e. The van der Waals surface area contributed by atoms with E-state index in [1.807, 2.05) is 6.92 Å². The van der Waals surface area contributed by atoms with Crippen LogP contribution in [0.2, 0.25) is 0 Å². The first-order valence-corrected chi connectivity index (χ1v) is 15.7. The van der Waals surface area contributed by atoms with Gasteiger partial charge in [-0.1, -0.05) is 31.3 Å². The van der Waals surface area contributed by atoms with E-state index >= 15 is 0 Å². The Morgan fingerprint density at radius 1 is 1.04 bits per heavy atom. The number of Topliss-reactive ketones (excluding diaryl/α,β-unsaturated/α-hetero) is 1. The van der Waals surface area contributed by atoms with E-state index < -0.39 is 29.5 Å². The van der Waals surface area contributed by atoms with E-state index in [1.165, 1.54) is 4.90 Å². The van der Waals surface area contributed by atoms with Crippen LogP contribution in [0, 0.1) is 12.8 Å². The molecule has 12 heteroatoms. The van der Waals surface area contributed by atoms with Gasteiger partial charge in [0.15, 0.2) is 28.1 Å². The van der Waals surface area contributed by atoms with Crippen molar-refractivity contribution in [3.63, 3.8) is 0 Å². The number of amides is 1. The summed E-state index contributed by atoms with van der Waals surface area (Å²) >= 11 is 0.939. The third-order valence-corrected chi connectivity index (χ3v) is 8.39. The minimum absolute atomic E-state index is 0.110.